The summed E-state index contributed by atoms with van der Waals surface area (Å²) in [6, 6.07) is 0.360. The molecule has 0 spiro atoms. The normalized spacial score (nSPS) is 27.5. The minimum atomic E-state index is -0.598. The van der Waals surface area contributed by atoms with Crippen LogP contribution in [0.2, 0.25) is 0 Å². The molecule has 24 nitrogen and oxygen atoms in total. The Hall–Kier alpha value is -3.66. The van der Waals surface area contributed by atoms with E-state index in [9.17, 15) is 31.2 Å². The van der Waals surface area contributed by atoms with Crippen molar-refractivity contribution in [1.82, 2.24) is 60.3 Å². The third kappa shape index (κ3) is 15.7. The largest absolute Gasteiger partial charge is 0.460 e. The summed E-state index contributed by atoms with van der Waals surface area (Å²) in [5.74, 6) is 0.852. The maximum Gasteiger partial charge on any atom is 0.324 e. The lowest BCUT2D eigenvalue weighted by Gasteiger charge is -2.53. The van der Waals surface area contributed by atoms with Crippen molar-refractivity contribution in [3.8, 4) is 24.0 Å². The second-order valence-corrected chi connectivity index (χ2v) is 35.5. The van der Waals surface area contributed by atoms with Gasteiger partial charge >= 0.3 is 24.0 Å². The lowest BCUT2D eigenvalue weighted by molar-refractivity contribution is -0.255. The van der Waals surface area contributed by atoms with Gasteiger partial charge in [-0.05, 0) is 205 Å². The molecule has 0 atom stereocenters. The van der Waals surface area contributed by atoms with E-state index in [0.717, 1.165) is 25.7 Å². The van der Waals surface area contributed by atoms with E-state index >= 15 is 0 Å². The molecule has 90 heavy (non-hydrogen) atoms. The molecule has 6 N–H and O–H groups in total. The second kappa shape index (κ2) is 24.8. The fourth-order valence-electron chi connectivity index (χ4n) is 17.5. The van der Waals surface area contributed by atoms with Gasteiger partial charge in [-0.2, -0.15) is 50.3 Å². The van der Waals surface area contributed by atoms with Crippen LogP contribution < -0.4 is 28.7 Å². The van der Waals surface area contributed by atoms with E-state index < -0.39 is 66.5 Å². The summed E-state index contributed by atoms with van der Waals surface area (Å²) in [5.41, 5.74) is -7.15. The van der Waals surface area contributed by atoms with Crippen LogP contribution in [0.4, 0.5) is 11.9 Å². The summed E-state index contributed by atoms with van der Waals surface area (Å²) in [4.78, 5) is 35.1. The van der Waals surface area contributed by atoms with Crippen LogP contribution in [-0.2, 0) is 0 Å². The number of hydrogen-bond donors (Lipinski definition) is 6. The standard InChI is InChI=1S/C66H120N14O10/c1-55(2)31-43(32-56(3,4)75(55)81)73(49-67-51(87-45-35-59(9,10)77(83)60(11,12)36-45)71-52(68-49)88-46-37-61(13,14)78(84)62(15,16)38-46)29-27-25-26-28-30-74(44-33-57(5,6)76(82)58(7,8)34-44)50-69-53(89-47-39-63(17,18)79(85)64(19,20)40-47)72-54(70-50)90-48-41-65(21,22)80(86)66(23,24)42-48/h43-48,81-86H,25-42H2,1-24H3. The first-order chi connectivity index (χ1) is 40.9. The highest BCUT2D eigenvalue weighted by Gasteiger charge is 2.53. The molecule has 2 aromatic heterocycles. The van der Waals surface area contributed by atoms with Gasteiger partial charge in [0.25, 0.3) is 0 Å². The zero-order valence-electron chi connectivity index (χ0n) is 59.8. The van der Waals surface area contributed by atoms with Gasteiger partial charge in [0.05, 0.1) is 0 Å². The van der Waals surface area contributed by atoms with Crippen LogP contribution in [0.5, 0.6) is 24.0 Å². The molecule has 0 aliphatic carbocycles. The van der Waals surface area contributed by atoms with Crippen molar-refractivity contribution in [3.05, 3.63) is 0 Å². The van der Waals surface area contributed by atoms with Crippen LogP contribution in [0.25, 0.3) is 0 Å². The molecule has 0 aromatic carbocycles. The highest BCUT2D eigenvalue weighted by atomic mass is 16.6. The molecule has 0 radical (unpaired) electrons. The molecule has 8 rings (SSSR count). The zero-order valence-corrected chi connectivity index (χ0v) is 59.8. The molecule has 6 fully saturated rings. The molecule has 0 saturated carbocycles. The van der Waals surface area contributed by atoms with E-state index in [1.54, 1.807) is 0 Å². The van der Waals surface area contributed by atoms with E-state index in [2.05, 4.69) is 65.2 Å². The smallest absolute Gasteiger partial charge is 0.324 e. The number of aromatic nitrogens is 6. The Labute approximate surface area is 539 Å². The summed E-state index contributed by atoms with van der Waals surface area (Å²) in [6.07, 6.45) is 8.56. The van der Waals surface area contributed by atoms with Crippen molar-refractivity contribution in [2.75, 3.05) is 22.9 Å². The Kier molecular flexibility index (Phi) is 19.9. The summed E-state index contributed by atoms with van der Waals surface area (Å²) in [6.45, 7) is 49.8. The third-order valence-corrected chi connectivity index (χ3v) is 20.8. The molecule has 0 unspecified atom stereocenters. The zero-order chi connectivity index (χ0) is 67.3. The number of unbranched alkanes of at least 4 members (excludes halogenated alkanes) is 3. The average Bonchev–Trinajstić information content (AvgIpc) is 0.802. The fourth-order valence-corrected chi connectivity index (χ4v) is 17.5. The second-order valence-electron chi connectivity index (χ2n) is 35.5. The van der Waals surface area contributed by atoms with Crippen LogP contribution >= 0.6 is 0 Å². The quantitative estimate of drug-likeness (QED) is 0.0714. The van der Waals surface area contributed by atoms with Crippen molar-refractivity contribution < 1.29 is 50.2 Å². The number of rotatable bonds is 19. The Bertz CT molecular complexity index is 2390. The molecule has 6 saturated heterocycles. The number of piperidine rings is 6. The maximum atomic E-state index is 11.7. The molecule has 2 aromatic rings. The van der Waals surface area contributed by atoms with Crippen molar-refractivity contribution in [3.63, 3.8) is 0 Å². The Morgan fingerprint density at radius 2 is 0.444 bits per heavy atom. The van der Waals surface area contributed by atoms with Gasteiger partial charge < -0.3 is 60.0 Å². The predicted octanol–water partition coefficient (Wildman–Crippen LogP) is 11.9. The number of nitrogens with zero attached hydrogens (tertiary/aromatic N) is 14. The topological polar surface area (TPSA) is 262 Å². The van der Waals surface area contributed by atoms with Gasteiger partial charge in [-0.15, -0.1) is 9.97 Å². The summed E-state index contributed by atoms with van der Waals surface area (Å²) >= 11 is 0. The molecule has 514 valence electrons. The average molecular weight is 1270 g/mol. The molecular weight excluding hydrogens is 1150 g/mol. The van der Waals surface area contributed by atoms with Crippen molar-refractivity contribution >= 4 is 11.9 Å². The molecular formula is C66H120N14O10. The van der Waals surface area contributed by atoms with Crippen LogP contribution in [0.1, 0.15) is 269 Å². The van der Waals surface area contributed by atoms with Gasteiger partial charge in [-0.1, -0.05) is 12.8 Å². The van der Waals surface area contributed by atoms with E-state index in [1.807, 2.05) is 111 Å². The van der Waals surface area contributed by atoms with E-state index in [-0.39, 0.29) is 60.5 Å². The van der Waals surface area contributed by atoms with Gasteiger partial charge in [0.1, 0.15) is 24.4 Å². The highest BCUT2D eigenvalue weighted by molar-refractivity contribution is 5.37. The molecule has 6 aliphatic heterocycles. The van der Waals surface area contributed by atoms with Gasteiger partial charge in [-0.3, -0.25) is 0 Å². The SMILES string of the molecule is CC1(C)CC(Oc2nc(OC3CC(C)(C)N(O)C(C)(C)C3)nc(N(CCCCCCN(c3nc(OC4CC(C)(C)N(O)C(C)(C)C4)nc(OC4CC(C)(C)N(O)C(C)(C)C4)n3)C3CC(C)(C)N(O)C(C)(C)C3)C3CC(C)(C)N(O)C(C)(C)C3)n2)CC(C)(C)N1O. The van der Waals surface area contributed by atoms with E-state index in [1.165, 1.54) is 30.4 Å². The van der Waals surface area contributed by atoms with Crippen molar-refractivity contribution in [2.24, 2.45) is 0 Å². The van der Waals surface area contributed by atoms with Crippen LogP contribution in [0.3, 0.4) is 0 Å². The fraction of sp³-hybridized carbons (Fsp3) is 0.909. The van der Waals surface area contributed by atoms with Crippen LogP contribution in [0.15, 0.2) is 0 Å². The predicted molar refractivity (Wildman–Crippen MR) is 344 cm³/mol. The Balaban J connectivity index is 1.11. The van der Waals surface area contributed by atoms with Crippen molar-refractivity contribution in [2.45, 2.75) is 372 Å². The van der Waals surface area contributed by atoms with Gasteiger partial charge in [0.2, 0.25) is 11.9 Å². The first-order valence-electron chi connectivity index (χ1n) is 33.6. The van der Waals surface area contributed by atoms with Crippen molar-refractivity contribution in [1.29, 1.82) is 0 Å². The lowest BCUT2D eigenvalue weighted by atomic mass is 9.78. The van der Waals surface area contributed by atoms with E-state index in [4.69, 9.17) is 48.9 Å². The monoisotopic (exact) mass is 1270 g/mol. The minimum absolute atomic E-state index is 0.106. The number of hydroxylamine groups is 12. The van der Waals surface area contributed by atoms with Gasteiger partial charge in [-0.25, -0.2) is 0 Å². The lowest BCUT2D eigenvalue weighted by Crippen LogP contribution is -2.63. The molecule has 0 amide bonds. The Morgan fingerprint density at radius 3 is 0.622 bits per heavy atom. The van der Waals surface area contributed by atoms with Crippen LogP contribution in [0, 0.1) is 0 Å². The number of hydrogen-bond acceptors (Lipinski definition) is 24. The van der Waals surface area contributed by atoms with E-state index in [0.29, 0.717) is 102 Å². The van der Waals surface area contributed by atoms with Gasteiger partial charge in [0, 0.05) is 143 Å². The minimum Gasteiger partial charge on any atom is -0.460 e. The summed E-state index contributed by atoms with van der Waals surface area (Å²) < 4.78 is 27.3. The molecule has 24 heteroatoms. The summed E-state index contributed by atoms with van der Waals surface area (Å²) in [5, 5.41) is 77.1. The summed E-state index contributed by atoms with van der Waals surface area (Å²) in [7, 11) is 0. The maximum absolute atomic E-state index is 11.7. The first-order valence-corrected chi connectivity index (χ1v) is 33.6. The third-order valence-electron chi connectivity index (χ3n) is 20.8. The number of ether oxygens (including phenoxy) is 4. The molecule has 8 heterocycles. The van der Waals surface area contributed by atoms with Gasteiger partial charge in [0.15, 0.2) is 0 Å². The molecule has 0 bridgehead atoms. The van der Waals surface area contributed by atoms with Crippen LogP contribution in [-0.4, -0.2) is 208 Å². The first kappa shape index (κ1) is 72.2. The Morgan fingerprint density at radius 1 is 0.278 bits per heavy atom. The molecule has 6 aliphatic rings. The highest BCUT2D eigenvalue weighted by Crippen LogP contribution is 2.46. The number of anilines is 2.